The fourth-order valence-electron chi connectivity index (χ4n) is 3.93. The molecule has 3 heteroatoms. The maximum Gasteiger partial charge on any atom is 0.228 e. The zero-order chi connectivity index (χ0) is 19.4. The first-order valence-electron chi connectivity index (χ1n) is 10.1. The van der Waals surface area contributed by atoms with Crippen molar-refractivity contribution in [3.8, 4) is 0 Å². The van der Waals surface area contributed by atoms with Gasteiger partial charge in [-0.1, -0.05) is 61.9 Å². The largest absolute Gasteiger partial charge is 0.325 e. The van der Waals surface area contributed by atoms with Crippen LogP contribution in [0.1, 0.15) is 54.9 Å². The molecular formula is C24H32N2O. The van der Waals surface area contributed by atoms with E-state index in [1.54, 1.807) is 0 Å². The molecule has 27 heavy (non-hydrogen) atoms. The van der Waals surface area contributed by atoms with Gasteiger partial charge in [-0.25, -0.2) is 0 Å². The van der Waals surface area contributed by atoms with Crippen molar-refractivity contribution >= 4 is 11.6 Å². The number of carbonyl (C=O) groups excluding carboxylic acids is 1. The van der Waals surface area contributed by atoms with Crippen molar-refractivity contribution in [1.29, 1.82) is 0 Å². The van der Waals surface area contributed by atoms with E-state index in [1.165, 1.54) is 16.7 Å². The van der Waals surface area contributed by atoms with Crippen molar-refractivity contribution in [2.45, 2.75) is 53.0 Å². The first-order chi connectivity index (χ1) is 12.9. The second-order valence-corrected chi connectivity index (χ2v) is 8.24. The molecular weight excluding hydrogens is 332 g/mol. The Morgan fingerprint density at radius 2 is 1.89 bits per heavy atom. The molecule has 1 fully saturated rings. The number of anilines is 1. The number of nitrogens with zero attached hydrogens (tertiary/aromatic N) is 1. The number of likely N-dealkylation sites (tertiary alicyclic amines) is 1. The van der Waals surface area contributed by atoms with Gasteiger partial charge in [0.1, 0.15) is 0 Å². The molecule has 2 aromatic carbocycles. The molecule has 1 N–H and O–H groups in total. The molecule has 0 aromatic heterocycles. The molecule has 0 saturated carbocycles. The average Bonchev–Trinajstić information content (AvgIpc) is 2.65. The van der Waals surface area contributed by atoms with E-state index in [2.05, 4.69) is 80.4 Å². The van der Waals surface area contributed by atoms with Crippen LogP contribution < -0.4 is 5.32 Å². The molecule has 3 nitrogen and oxygen atoms in total. The Kier molecular flexibility index (Phi) is 6.33. The molecule has 0 radical (unpaired) electrons. The van der Waals surface area contributed by atoms with E-state index < -0.39 is 0 Å². The van der Waals surface area contributed by atoms with Gasteiger partial charge < -0.3 is 5.32 Å². The van der Waals surface area contributed by atoms with Crippen molar-refractivity contribution in [1.82, 2.24) is 4.90 Å². The van der Waals surface area contributed by atoms with Gasteiger partial charge in [0.15, 0.2) is 0 Å². The predicted molar refractivity (Wildman–Crippen MR) is 113 cm³/mol. The van der Waals surface area contributed by atoms with Gasteiger partial charge in [-0.3, -0.25) is 9.69 Å². The third-order valence-electron chi connectivity index (χ3n) is 5.58. The first kappa shape index (κ1) is 19.6. The van der Waals surface area contributed by atoms with Crippen LogP contribution in [-0.2, 0) is 11.3 Å². The molecule has 1 aliphatic heterocycles. The Morgan fingerprint density at radius 1 is 1.15 bits per heavy atom. The molecule has 0 spiro atoms. The highest BCUT2D eigenvalue weighted by Crippen LogP contribution is 2.29. The van der Waals surface area contributed by atoms with Crippen molar-refractivity contribution in [2.24, 2.45) is 5.92 Å². The van der Waals surface area contributed by atoms with Crippen LogP contribution in [0, 0.1) is 19.8 Å². The Bertz CT molecular complexity index is 779. The summed E-state index contributed by atoms with van der Waals surface area (Å²) < 4.78 is 0. The smallest absolute Gasteiger partial charge is 0.228 e. The van der Waals surface area contributed by atoms with E-state index in [9.17, 15) is 4.79 Å². The zero-order valence-electron chi connectivity index (χ0n) is 17.1. The number of amides is 1. The SMILES string of the molecule is Cc1ccc(CN2CCCC(C(=O)Nc3c(C)cccc3C(C)C)C2)cc1. The second kappa shape index (κ2) is 8.71. The van der Waals surface area contributed by atoms with E-state index >= 15 is 0 Å². The Hall–Kier alpha value is -2.13. The lowest BCUT2D eigenvalue weighted by Gasteiger charge is -2.32. The summed E-state index contributed by atoms with van der Waals surface area (Å²) in [5.74, 6) is 0.619. The molecule has 1 atom stereocenters. The normalized spacial score (nSPS) is 17.9. The van der Waals surface area contributed by atoms with E-state index in [1.807, 2.05) is 0 Å². The molecule has 1 heterocycles. The summed E-state index contributed by atoms with van der Waals surface area (Å²) in [6.07, 6.45) is 2.05. The van der Waals surface area contributed by atoms with Crippen LogP contribution in [0.4, 0.5) is 5.69 Å². The van der Waals surface area contributed by atoms with E-state index in [-0.39, 0.29) is 11.8 Å². The number of piperidine rings is 1. The zero-order valence-corrected chi connectivity index (χ0v) is 17.1. The molecule has 0 bridgehead atoms. The van der Waals surface area contributed by atoms with Crippen molar-refractivity contribution < 1.29 is 4.79 Å². The standard InChI is InChI=1S/C24H32N2O/c1-17(2)22-9-5-7-19(4)23(22)25-24(27)21-8-6-14-26(16-21)15-20-12-10-18(3)11-13-20/h5,7,9-13,17,21H,6,8,14-16H2,1-4H3,(H,25,27). The highest BCUT2D eigenvalue weighted by atomic mass is 16.1. The molecule has 1 unspecified atom stereocenters. The van der Waals surface area contributed by atoms with Gasteiger partial charge in [0.2, 0.25) is 5.91 Å². The molecule has 2 aromatic rings. The minimum Gasteiger partial charge on any atom is -0.325 e. The minimum atomic E-state index is 0.0591. The van der Waals surface area contributed by atoms with Crippen LogP contribution >= 0.6 is 0 Å². The number of benzene rings is 2. The Morgan fingerprint density at radius 3 is 2.59 bits per heavy atom. The minimum absolute atomic E-state index is 0.0591. The van der Waals surface area contributed by atoms with Crippen LogP contribution in [0.2, 0.25) is 0 Å². The number of rotatable bonds is 5. The number of hydrogen-bond donors (Lipinski definition) is 1. The summed E-state index contributed by atoms with van der Waals surface area (Å²) in [5.41, 5.74) is 5.97. The summed E-state index contributed by atoms with van der Waals surface area (Å²) in [4.78, 5) is 15.4. The number of carbonyl (C=O) groups is 1. The molecule has 0 aliphatic carbocycles. The van der Waals surface area contributed by atoms with Gasteiger partial charge >= 0.3 is 0 Å². The van der Waals surface area contributed by atoms with Gasteiger partial charge in [0.25, 0.3) is 0 Å². The van der Waals surface area contributed by atoms with Crippen molar-refractivity contribution in [2.75, 3.05) is 18.4 Å². The second-order valence-electron chi connectivity index (χ2n) is 8.24. The van der Waals surface area contributed by atoms with Crippen LogP contribution in [0.3, 0.4) is 0 Å². The van der Waals surface area contributed by atoms with Crippen LogP contribution in [-0.4, -0.2) is 23.9 Å². The monoisotopic (exact) mass is 364 g/mol. The highest BCUT2D eigenvalue weighted by molar-refractivity contribution is 5.94. The van der Waals surface area contributed by atoms with Gasteiger partial charge in [-0.2, -0.15) is 0 Å². The third kappa shape index (κ3) is 4.98. The molecule has 1 amide bonds. The number of hydrogen-bond acceptors (Lipinski definition) is 2. The first-order valence-corrected chi connectivity index (χ1v) is 10.1. The van der Waals surface area contributed by atoms with Gasteiger partial charge in [-0.05, 0) is 55.8 Å². The lowest BCUT2D eigenvalue weighted by atomic mass is 9.94. The molecule has 3 rings (SSSR count). The van der Waals surface area contributed by atoms with Crippen LogP contribution in [0.25, 0.3) is 0 Å². The number of aryl methyl sites for hydroxylation is 2. The number of para-hydroxylation sites is 1. The quantitative estimate of drug-likeness (QED) is 0.783. The summed E-state index contributed by atoms with van der Waals surface area (Å²) in [6, 6.07) is 15.0. The molecule has 1 saturated heterocycles. The summed E-state index contributed by atoms with van der Waals surface area (Å²) in [7, 11) is 0. The lowest BCUT2D eigenvalue weighted by molar-refractivity contribution is -0.121. The van der Waals surface area contributed by atoms with Gasteiger partial charge in [0.05, 0.1) is 5.92 Å². The maximum absolute atomic E-state index is 13.0. The van der Waals surface area contributed by atoms with Crippen molar-refractivity contribution in [3.63, 3.8) is 0 Å². The lowest BCUT2D eigenvalue weighted by Crippen LogP contribution is -2.40. The number of nitrogens with one attached hydrogen (secondary N) is 1. The average molecular weight is 365 g/mol. The molecule has 1 aliphatic rings. The highest BCUT2D eigenvalue weighted by Gasteiger charge is 2.26. The fraction of sp³-hybridized carbons (Fsp3) is 0.458. The van der Waals surface area contributed by atoms with Crippen LogP contribution in [0.15, 0.2) is 42.5 Å². The molecule has 144 valence electrons. The maximum atomic E-state index is 13.0. The van der Waals surface area contributed by atoms with Crippen LogP contribution in [0.5, 0.6) is 0 Å². The predicted octanol–water partition coefficient (Wildman–Crippen LogP) is 5.28. The van der Waals surface area contributed by atoms with E-state index in [0.717, 1.165) is 43.7 Å². The summed E-state index contributed by atoms with van der Waals surface area (Å²) in [5, 5.41) is 3.26. The van der Waals surface area contributed by atoms with E-state index in [0.29, 0.717) is 5.92 Å². The fourth-order valence-corrected chi connectivity index (χ4v) is 3.93. The summed E-state index contributed by atoms with van der Waals surface area (Å²) >= 11 is 0. The third-order valence-corrected chi connectivity index (χ3v) is 5.58. The topological polar surface area (TPSA) is 32.3 Å². The summed E-state index contributed by atoms with van der Waals surface area (Å²) in [6.45, 7) is 11.4. The van der Waals surface area contributed by atoms with Gasteiger partial charge in [-0.15, -0.1) is 0 Å². The van der Waals surface area contributed by atoms with Gasteiger partial charge in [0, 0.05) is 18.8 Å². The van der Waals surface area contributed by atoms with E-state index in [4.69, 9.17) is 0 Å². The Labute approximate surface area is 163 Å². The van der Waals surface area contributed by atoms with Crippen molar-refractivity contribution in [3.05, 3.63) is 64.7 Å². The Balaban J connectivity index is 1.66.